The molecule has 0 radical (unpaired) electrons. The molecule has 0 aliphatic rings. The second-order valence-corrected chi connectivity index (χ2v) is 5.82. The maximum absolute atomic E-state index is 12.3. The average Bonchev–Trinajstić information content (AvgIpc) is 2.62. The highest BCUT2D eigenvalue weighted by Crippen LogP contribution is 2.17. The molecule has 0 aliphatic carbocycles. The van der Waals surface area contributed by atoms with Gasteiger partial charge in [-0.2, -0.15) is 0 Å². The number of rotatable bonds is 5. The molecular formula is C15H16N4O5S. The van der Waals surface area contributed by atoms with Crippen molar-refractivity contribution in [3.63, 3.8) is 0 Å². The molecule has 0 spiro atoms. The number of ether oxygens (including phenoxy) is 1. The Labute approximate surface area is 146 Å². The maximum Gasteiger partial charge on any atom is 0.341 e. The molecule has 10 heteroatoms. The van der Waals surface area contributed by atoms with Crippen LogP contribution in [0.5, 0.6) is 0 Å². The van der Waals surface area contributed by atoms with E-state index in [9.17, 15) is 19.2 Å². The fraction of sp³-hybridized carbons (Fsp3) is 0.267. The van der Waals surface area contributed by atoms with Crippen molar-refractivity contribution < 1.29 is 14.3 Å². The summed E-state index contributed by atoms with van der Waals surface area (Å²) in [7, 11) is 2.56. The smallest absolute Gasteiger partial charge is 0.341 e. The molecule has 0 atom stereocenters. The minimum absolute atomic E-state index is 0.212. The predicted molar refractivity (Wildman–Crippen MR) is 92.0 cm³/mol. The number of pyridine rings is 1. The quantitative estimate of drug-likeness (QED) is 0.440. The summed E-state index contributed by atoms with van der Waals surface area (Å²) < 4.78 is 6.71. The number of thioether (sulfide) groups is 1. The molecule has 2 aromatic rings. The molecule has 0 aliphatic heterocycles. The molecule has 2 rings (SSSR count). The van der Waals surface area contributed by atoms with Crippen LogP contribution >= 0.6 is 11.8 Å². The first-order valence-electron chi connectivity index (χ1n) is 7.04. The second-order valence-electron chi connectivity index (χ2n) is 5.03. The summed E-state index contributed by atoms with van der Waals surface area (Å²) in [5.74, 6) is -1.82. The van der Waals surface area contributed by atoms with Gasteiger partial charge >= 0.3 is 11.7 Å². The van der Waals surface area contributed by atoms with E-state index in [4.69, 9.17) is 10.5 Å². The van der Waals surface area contributed by atoms with Gasteiger partial charge in [0.05, 0.1) is 5.56 Å². The van der Waals surface area contributed by atoms with E-state index < -0.39 is 35.2 Å². The third-order valence-electron chi connectivity index (χ3n) is 3.51. The van der Waals surface area contributed by atoms with Crippen molar-refractivity contribution in [2.24, 2.45) is 14.1 Å². The van der Waals surface area contributed by atoms with Gasteiger partial charge in [0.25, 0.3) is 5.56 Å². The van der Waals surface area contributed by atoms with E-state index in [1.165, 1.54) is 38.1 Å². The molecule has 0 bridgehead atoms. The van der Waals surface area contributed by atoms with Crippen LogP contribution in [0.25, 0.3) is 0 Å². The summed E-state index contributed by atoms with van der Waals surface area (Å²) in [5.41, 5.74) is 4.01. The molecule has 0 saturated carbocycles. The summed E-state index contributed by atoms with van der Waals surface area (Å²) in [6.07, 6.45) is 3.28. The first-order chi connectivity index (χ1) is 11.8. The minimum atomic E-state index is -0.840. The largest absolute Gasteiger partial charge is 0.454 e. The van der Waals surface area contributed by atoms with Gasteiger partial charge in [-0.25, -0.2) is 14.6 Å². The standard InChI is InChI=1S/C15H16N4O5S/c1-18-11(16)10(13(21)19(2)15(18)23)9(20)7-24-14(22)8-5-4-6-17-12(8)25-3/h4-6H,7,16H2,1-3H3. The van der Waals surface area contributed by atoms with E-state index in [-0.39, 0.29) is 11.4 Å². The molecule has 132 valence electrons. The zero-order chi connectivity index (χ0) is 18.7. The van der Waals surface area contributed by atoms with Crippen molar-refractivity contribution >= 4 is 29.3 Å². The predicted octanol–water partition coefficient (Wildman–Crippen LogP) is -0.177. The van der Waals surface area contributed by atoms with Crippen molar-refractivity contribution in [2.45, 2.75) is 5.03 Å². The van der Waals surface area contributed by atoms with Gasteiger partial charge in [-0.1, -0.05) is 0 Å². The number of aromatic nitrogens is 3. The molecule has 2 N–H and O–H groups in total. The minimum Gasteiger partial charge on any atom is -0.454 e. The lowest BCUT2D eigenvalue weighted by atomic mass is 10.2. The van der Waals surface area contributed by atoms with E-state index in [2.05, 4.69) is 4.98 Å². The molecule has 2 aromatic heterocycles. The third kappa shape index (κ3) is 3.48. The van der Waals surface area contributed by atoms with E-state index in [0.29, 0.717) is 5.03 Å². The molecular weight excluding hydrogens is 348 g/mol. The Kier molecular flexibility index (Phi) is 5.42. The third-order valence-corrected chi connectivity index (χ3v) is 4.22. The summed E-state index contributed by atoms with van der Waals surface area (Å²) in [6.45, 7) is -0.681. The molecule has 0 amide bonds. The number of hydrogen-bond acceptors (Lipinski definition) is 8. The Morgan fingerprint density at radius 2 is 1.96 bits per heavy atom. The Hall–Kier alpha value is -2.88. The Morgan fingerprint density at radius 3 is 2.60 bits per heavy atom. The van der Waals surface area contributed by atoms with Gasteiger partial charge in [0, 0.05) is 20.3 Å². The van der Waals surface area contributed by atoms with Crippen LogP contribution in [0.1, 0.15) is 20.7 Å². The van der Waals surface area contributed by atoms with Gasteiger partial charge in [0.2, 0.25) is 5.78 Å². The summed E-state index contributed by atoms with van der Waals surface area (Å²) in [4.78, 5) is 52.3. The highest BCUT2D eigenvalue weighted by atomic mass is 32.2. The molecule has 9 nitrogen and oxygen atoms in total. The number of hydrogen-bond donors (Lipinski definition) is 1. The first-order valence-corrected chi connectivity index (χ1v) is 8.26. The van der Waals surface area contributed by atoms with Crippen LogP contribution in [0.2, 0.25) is 0 Å². The highest BCUT2D eigenvalue weighted by Gasteiger charge is 2.22. The van der Waals surface area contributed by atoms with E-state index in [0.717, 1.165) is 9.13 Å². The van der Waals surface area contributed by atoms with Crippen LogP contribution in [0.15, 0.2) is 32.9 Å². The van der Waals surface area contributed by atoms with Gasteiger partial charge in [-0.05, 0) is 18.4 Å². The van der Waals surface area contributed by atoms with Crippen LogP contribution in [-0.4, -0.2) is 38.7 Å². The zero-order valence-electron chi connectivity index (χ0n) is 13.8. The molecule has 0 fully saturated rings. The summed E-state index contributed by atoms with van der Waals surface area (Å²) in [6, 6.07) is 3.09. The van der Waals surface area contributed by atoms with Crippen LogP contribution in [0.4, 0.5) is 5.82 Å². The number of ketones is 1. The SMILES string of the molecule is CSc1ncccc1C(=O)OCC(=O)c1c(N)n(C)c(=O)n(C)c1=O. The molecule has 2 heterocycles. The Morgan fingerprint density at radius 1 is 1.28 bits per heavy atom. The Balaban J connectivity index is 2.26. The second kappa shape index (κ2) is 7.34. The number of nitrogens with zero attached hydrogens (tertiary/aromatic N) is 3. The molecule has 0 saturated heterocycles. The van der Waals surface area contributed by atoms with Gasteiger partial charge < -0.3 is 10.5 Å². The summed E-state index contributed by atoms with van der Waals surface area (Å²) in [5, 5.41) is 0.456. The number of carbonyl (C=O) groups excluding carboxylic acids is 2. The van der Waals surface area contributed by atoms with E-state index in [1.54, 1.807) is 12.3 Å². The van der Waals surface area contributed by atoms with Gasteiger partial charge in [0.15, 0.2) is 6.61 Å². The van der Waals surface area contributed by atoms with Gasteiger partial charge in [0.1, 0.15) is 16.4 Å². The fourth-order valence-electron chi connectivity index (χ4n) is 2.11. The number of carbonyl (C=O) groups is 2. The first kappa shape index (κ1) is 18.5. The maximum atomic E-state index is 12.3. The number of nitrogen functional groups attached to an aromatic ring is 1. The lowest BCUT2D eigenvalue weighted by molar-refractivity contribution is 0.0470. The van der Waals surface area contributed by atoms with Crippen LogP contribution in [0, 0.1) is 0 Å². The van der Waals surface area contributed by atoms with Crippen molar-refractivity contribution in [3.8, 4) is 0 Å². The van der Waals surface area contributed by atoms with Crippen molar-refractivity contribution in [1.29, 1.82) is 0 Å². The van der Waals surface area contributed by atoms with E-state index >= 15 is 0 Å². The van der Waals surface area contributed by atoms with Crippen molar-refractivity contribution in [3.05, 3.63) is 50.3 Å². The lowest BCUT2D eigenvalue weighted by Gasteiger charge is -2.11. The van der Waals surface area contributed by atoms with Gasteiger partial charge in [-0.15, -0.1) is 11.8 Å². The van der Waals surface area contributed by atoms with Crippen LogP contribution in [0.3, 0.4) is 0 Å². The lowest BCUT2D eigenvalue weighted by Crippen LogP contribution is -2.42. The number of anilines is 1. The number of nitrogens with two attached hydrogens (primary N) is 1. The zero-order valence-corrected chi connectivity index (χ0v) is 14.6. The Bertz CT molecular complexity index is 963. The average molecular weight is 364 g/mol. The van der Waals surface area contributed by atoms with E-state index in [1.807, 2.05) is 0 Å². The van der Waals surface area contributed by atoms with Crippen molar-refractivity contribution in [1.82, 2.24) is 14.1 Å². The van der Waals surface area contributed by atoms with Crippen molar-refractivity contribution in [2.75, 3.05) is 18.6 Å². The number of Topliss-reactive ketones (excluding diaryl/α,β-unsaturated/α-hetero) is 1. The topological polar surface area (TPSA) is 126 Å². The van der Waals surface area contributed by atoms with Crippen LogP contribution < -0.4 is 17.0 Å². The summed E-state index contributed by atoms with van der Waals surface area (Å²) >= 11 is 1.26. The monoisotopic (exact) mass is 364 g/mol. The fourth-order valence-corrected chi connectivity index (χ4v) is 2.65. The molecule has 0 aromatic carbocycles. The normalized spacial score (nSPS) is 10.5. The highest BCUT2D eigenvalue weighted by molar-refractivity contribution is 7.98. The van der Waals surface area contributed by atoms with Gasteiger partial charge in [-0.3, -0.25) is 18.7 Å². The molecule has 0 unspecified atom stereocenters. The number of esters is 1. The molecule has 25 heavy (non-hydrogen) atoms. The van der Waals surface area contributed by atoms with Crippen LogP contribution in [-0.2, 0) is 18.8 Å².